The highest BCUT2D eigenvalue weighted by atomic mass is 16.5. The summed E-state index contributed by atoms with van der Waals surface area (Å²) in [5, 5.41) is 2.95. The molecule has 0 bridgehead atoms. The molecular weight excluding hydrogens is 464 g/mol. The first-order chi connectivity index (χ1) is 17.9. The zero-order valence-electron chi connectivity index (χ0n) is 21.3. The van der Waals surface area contributed by atoms with E-state index in [2.05, 4.69) is 42.3 Å². The highest BCUT2D eigenvalue weighted by Gasteiger charge is 2.19. The smallest absolute Gasteiger partial charge is 0.230 e. The van der Waals surface area contributed by atoms with Gasteiger partial charge in [0.05, 0.1) is 36.8 Å². The number of ether oxygens (including phenoxy) is 2. The summed E-state index contributed by atoms with van der Waals surface area (Å²) in [5.41, 5.74) is 7.52. The maximum atomic E-state index is 13.1. The van der Waals surface area contributed by atoms with Crippen LogP contribution < -0.4 is 14.8 Å². The molecule has 186 valence electrons. The Kier molecular flexibility index (Phi) is 6.60. The number of benzene rings is 2. The standard InChI is InChI=1S/C30H28N4O3/c1-19-11-12-22(16-21(19)3)29-24(34-15-7-8-20(2)30(34)33-29)17-27(35)32-23-13-14-28(31-18-23)37-26-10-6-5-9-25(26)36-4/h5-16,18H,17H2,1-4H3,(H,32,35). The van der Waals surface area contributed by atoms with Crippen molar-refractivity contribution in [1.82, 2.24) is 14.4 Å². The van der Waals surface area contributed by atoms with Gasteiger partial charge in [0, 0.05) is 17.8 Å². The number of methoxy groups -OCH3 is 1. The summed E-state index contributed by atoms with van der Waals surface area (Å²) in [6.07, 6.45) is 3.69. The second-order valence-corrected chi connectivity index (χ2v) is 8.95. The van der Waals surface area contributed by atoms with Crippen LogP contribution in [0.1, 0.15) is 22.4 Å². The molecule has 0 aliphatic heterocycles. The zero-order chi connectivity index (χ0) is 25.9. The average Bonchev–Trinajstić information content (AvgIpc) is 3.26. The summed E-state index contributed by atoms with van der Waals surface area (Å²) < 4.78 is 13.1. The van der Waals surface area contributed by atoms with E-state index in [-0.39, 0.29) is 12.3 Å². The molecule has 2 aromatic carbocycles. The van der Waals surface area contributed by atoms with Crippen molar-refractivity contribution in [3.05, 3.63) is 102 Å². The van der Waals surface area contributed by atoms with Crippen LogP contribution >= 0.6 is 0 Å². The normalized spacial score (nSPS) is 10.9. The molecule has 1 N–H and O–H groups in total. The predicted molar refractivity (Wildman–Crippen MR) is 144 cm³/mol. The summed E-state index contributed by atoms with van der Waals surface area (Å²) in [7, 11) is 1.59. The number of fused-ring (bicyclic) bond motifs is 1. The van der Waals surface area contributed by atoms with Crippen molar-refractivity contribution < 1.29 is 14.3 Å². The molecule has 3 heterocycles. The maximum Gasteiger partial charge on any atom is 0.230 e. The molecule has 5 rings (SSSR count). The van der Waals surface area contributed by atoms with Gasteiger partial charge in [0.15, 0.2) is 11.5 Å². The Hall–Kier alpha value is -4.65. The molecule has 0 fully saturated rings. The van der Waals surface area contributed by atoms with Gasteiger partial charge in [0.1, 0.15) is 5.65 Å². The fourth-order valence-corrected chi connectivity index (χ4v) is 4.23. The maximum absolute atomic E-state index is 13.1. The van der Waals surface area contributed by atoms with Crippen molar-refractivity contribution in [2.75, 3.05) is 12.4 Å². The number of aromatic nitrogens is 3. The number of nitrogens with one attached hydrogen (secondary N) is 1. The highest BCUT2D eigenvalue weighted by Crippen LogP contribution is 2.31. The molecule has 3 aromatic heterocycles. The Morgan fingerprint density at radius 3 is 2.46 bits per heavy atom. The average molecular weight is 493 g/mol. The Labute approximate surface area is 215 Å². The fourth-order valence-electron chi connectivity index (χ4n) is 4.23. The quantitative estimate of drug-likeness (QED) is 0.288. The molecule has 0 radical (unpaired) electrons. The van der Waals surface area contributed by atoms with Crippen LogP contribution in [0.2, 0.25) is 0 Å². The van der Waals surface area contributed by atoms with E-state index < -0.39 is 0 Å². The molecule has 1 amide bonds. The van der Waals surface area contributed by atoms with Crippen LogP contribution in [0.15, 0.2) is 79.1 Å². The Morgan fingerprint density at radius 1 is 0.919 bits per heavy atom. The van der Waals surface area contributed by atoms with Gasteiger partial charge in [0.2, 0.25) is 11.8 Å². The summed E-state index contributed by atoms with van der Waals surface area (Å²) in [6.45, 7) is 6.19. The van der Waals surface area contributed by atoms with E-state index in [1.54, 1.807) is 31.5 Å². The Bertz CT molecular complexity index is 1590. The van der Waals surface area contributed by atoms with E-state index >= 15 is 0 Å². The minimum Gasteiger partial charge on any atom is -0.493 e. The fraction of sp³-hybridized carbons (Fsp3) is 0.167. The van der Waals surface area contributed by atoms with E-state index in [9.17, 15) is 4.79 Å². The number of rotatable bonds is 7. The first kappa shape index (κ1) is 24.1. The number of para-hydroxylation sites is 2. The number of pyridine rings is 2. The molecule has 7 nitrogen and oxygen atoms in total. The SMILES string of the molecule is COc1ccccc1Oc1ccc(NC(=O)Cc2c(-c3ccc(C)c(C)c3)nc3c(C)cccn23)cn1. The van der Waals surface area contributed by atoms with Crippen LogP contribution in [-0.2, 0) is 11.2 Å². The molecule has 7 heteroatoms. The molecule has 0 saturated heterocycles. The molecule has 37 heavy (non-hydrogen) atoms. The molecule has 0 aliphatic carbocycles. The second kappa shape index (κ2) is 10.1. The van der Waals surface area contributed by atoms with Crippen LogP contribution in [0.25, 0.3) is 16.9 Å². The first-order valence-corrected chi connectivity index (χ1v) is 12.0. The van der Waals surface area contributed by atoms with E-state index in [4.69, 9.17) is 14.5 Å². The van der Waals surface area contributed by atoms with Gasteiger partial charge in [-0.05, 0) is 67.8 Å². The Morgan fingerprint density at radius 2 is 1.73 bits per heavy atom. The third-order valence-corrected chi connectivity index (χ3v) is 6.36. The number of hydrogen-bond acceptors (Lipinski definition) is 5. The van der Waals surface area contributed by atoms with Gasteiger partial charge in [-0.25, -0.2) is 9.97 Å². The number of amides is 1. The summed E-state index contributed by atoms with van der Waals surface area (Å²) in [5.74, 6) is 1.42. The molecule has 0 spiro atoms. The predicted octanol–water partition coefficient (Wildman–Crippen LogP) is 6.30. The molecule has 0 saturated carbocycles. The Balaban J connectivity index is 1.38. The molecular formula is C30H28N4O3. The lowest BCUT2D eigenvalue weighted by molar-refractivity contribution is -0.115. The van der Waals surface area contributed by atoms with Crippen LogP contribution in [0.5, 0.6) is 17.4 Å². The first-order valence-electron chi connectivity index (χ1n) is 12.0. The van der Waals surface area contributed by atoms with Gasteiger partial charge in [-0.1, -0.05) is 30.3 Å². The van der Waals surface area contributed by atoms with Gasteiger partial charge in [0.25, 0.3) is 0 Å². The van der Waals surface area contributed by atoms with Gasteiger partial charge in [-0.15, -0.1) is 0 Å². The largest absolute Gasteiger partial charge is 0.493 e. The number of hydrogen-bond donors (Lipinski definition) is 1. The molecule has 0 aliphatic rings. The lowest BCUT2D eigenvalue weighted by Crippen LogP contribution is -2.16. The number of imidazole rings is 1. The van der Waals surface area contributed by atoms with Crippen molar-refractivity contribution in [3.8, 4) is 28.6 Å². The highest BCUT2D eigenvalue weighted by molar-refractivity contribution is 5.93. The van der Waals surface area contributed by atoms with Crippen molar-refractivity contribution in [2.24, 2.45) is 0 Å². The van der Waals surface area contributed by atoms with Crippen LogP contribution in [0.4, 0.5) is 5.69 Å². The number of carbonyl (C=O) groups is 1. The van der Waals surface area contributed by atoms with Crippen molar-refractivity contribution in [2.45, 2.75) is 27.2 Å². The van der Waals surface area contributed by atoms with E-state index in [1.807, 2.05) is 47.9 Å². The number of aryl methyl sites for hydroxylation is 3. The monoisotopic (exact) mass is 492 g/mol. The lowest BCUT2D eigenvalue weighted by Gasteiger charge is -2.10. The van der Waals surface area contributed by atoms with E-state index in [0.29, 0.717) is 23.1 Å². The van der Waals surface area contributed by atoms with Crippen LogP contribution in [0, 0.1) is 20.8 Å². The van der Waals surface area contributed by atoms with Gasteiger partial charge in [-0.2, -0.15) is 0 Å². The third kappa shape index (κ3) is 5.02. The minimum atomic E-state index is -0.159. The molecule has 0 unspecified atom stereocenters. The number of anilines is 1. The van der Waals surface area contributed by atoms with E-state index in [1.165, 1.54) is 11.1 Å². The minimum absolute atomic E-state index is 0.159. The summed E-state index contributed by atoms with van der Waals surface area (Å²) in [6, 6.07) is 21.1. The van der Waals surface area contributed by atoms with E-state index in [0.717, 1.165) is 28.2 Å². The zero-order valence-corrected chi connectivity index (χ0v) is 21.3. The summed E-state index contributed by atoms with van der Waals surface area (Å²) in [4.78, 5) is 22.4. The van der Waals surface area contributed by atoms with Crippen LogP contribution in [-0.4, -0.2) is 27.4 Å². The second-order valence-electron chi connectivity index (χ2n) is 8.95. The number of carbonyl (C=O) groups excluding carboxylic acids is 1. The number of nitrogens with zero attached hydrogens (tertiary/aromatic N) is 3. The summed E-state index contributed by atoms with van der Waals surface area (Å²) >= 11 is 0. The van der Waals surface area contributed by atoms with Gasteiger partial charge >= 0.3 is 0 Å². The van der Waals surface area contributed by atoms with Crippen LogP contribution in [0.3, 0.4) is 0 Å². The van der Waals surface area contributed by atoms with Crippen molar-refractivity contribution >= 4 is 17.2 Å². The van der Waals surface area contributed by atoms with Gasteiger partial charge in [-0.3, -0.25) is 4.79 Å². The molecule has 0 atom stereocenters. The topological polar surface area (TPSA) is 77.8 Å². The van der Waals surface area contributed by atoms with Crippen molar-refractivity contribution in [3.63, 3.8) is 0 Å². The lowest BCUT2D eigenvalue weighted by atomic mass is 10.0. The third-order valence-electron chi connectivity index (χ3n) is 6.36. The van der Waals surface area contributed by atoms with Crippen molar-refractivity contribution in [1.29, 1.82) is 0 Å². The molecule has 5 aromatic rings. The van der Waals surface area contributed by atoms with Gasteiger partial charge < -0.3 is 19.2 Å².